The van der Waals surface area contributed by atoms with E-state index in [1.807, 2.05) is 39.8 Å². The molecule has 0 aromatic heterocycles. The van der Waals surface area contributed by atoms with Crippen molar-refractivity contribution in [2.24, 2.45) is 0 Å². The van der Waals surface area contributed by atoms with Crippen molar-refractivity contribution in [1.29, 1.82) is 0 Å². The first kappa shape index (κ1) is 22.3. The number of hydrogen-bond donors (Lipinski definition) is 1. The van der Waals surface area contributed by atoms with Gasteiger partial charge in [0.2, 0.25) is 10.0 Å². The number of nitrogens with one attached hydrogen (secondary N) is 1. The van der Waals surface area contributed by atoms with Crippen LogP contribution in [0.2, 0.25) is 0 Å². The molecule has 2 aromatic rings. The first-order chi connectivity index (χ1) is 14.1. The van der Waals surface area contributed by atoms with Crippen LogP contribution in [0.5, 0.6) is 5.75 Å². The number of carbonyl (C=O) groups is 1. The molecule has 0 spiro atoms. The number of amides is 1. The summed E-state index contributed by atoms with van der Waals surface area (Å²) in [5, 5.41) is 2.94. The van der Waals surface area contributed by atoms with E-state index < -0.39 is 10.0 Å². The number of benzene rings is 2. The SMILES string of the molecule is COc1ccc(C(=O)Nc2c(C)cc(C)cc2C)cc1S(=O)(=O)N1CCCC[C@@H]1C. The van der Waals surface area contributed by atoms with Crippen LogP contribution in [0, 0.1) is 20.8 Å². The van der Waals surface area contributed by atoms with Crippen molar-refractivity contribution in [3.63, 3.8) is 0 Å². The molecule has 0 saturated carbocycles. The summed E-state index contributed by atoms with van der Waals surface area (Å²) in [4.78, 5) is 13.0. The van der Waals surface area contributed by atoms with E-state index in [1.54, 1.807) is 12.1 Å². The largest absolute Gasteiger partial charge is 0.495 e. The van der Waals surface area contributed by atoms with Crippen molar-refractivity contribution in [3.8, 4) is 5.75 Å². The maximum atomic E-state index is 13.4. The molecule has 1 heterocycles. The lowest BCUT2D eigenvalue weighted by molar-refractivity contribution is 0.102. The zero-order valence-electron chi connectivity index (χ0n) is 18.3. The Morgan fingerprint density at radius 2 is 1.77 bits per heavy atom. The number of methoxy groups -OCH3 is 1. The average Bonchev–Trinajstić information content (AvgIpc) is 2.70. The van der Waals surface area contributed by atoms with Gasteiger partial charge in [-0.1, -0.05) is 24.1 Å². The second-order valence-electron chi connectivity index (χ2n) is 8.05. The fourth-order valence-corrected chi connectivity index (χ4v) is 6.02. The van der Waals surface area contributed by atoms with E-state index in [9.17, 15) is 13.2 Å². The number of nitrogens with zero attached hydrogens (tertiary/aromatic N) is 1. The smallest absolute Gasteiger partial charge is 0.255 e. The molecule has 0 unspecified atom stereocenters. The Bertz CT molecular complexity index is 1040. The Morgan fingerprint density at radius 3 is 2.37 bits per heavy atom. The first-order valence-corrected chi connectivity index (χ1v) is 11.7. The molecule has 1 N–H and O–H groups in total. The van der Waals surface area contributed by atoms with Gasteiger partial charge in [-0.15, -0.1) is 0 Å². The zero-order chi connectivity index (χ0) is 22.1. The third-order valence-electron chi connectivity index (χ3n) is 5.67. The summed E-state index contributed by atoms with van der Waals surface area (Å²) in [7, 11) is -2.34. The lowest BCUT2D eigenvalue weighted by atomic mass is 10.0. The standard InChI is InChI=1S/C23H30N2O4S/c1-15-12-16(2)22(17(3)13-15)24-23(26)19-9-10-20(29-5)21(14-19)30(27,28)25-11-7-6-8-18(25)4/h9-10,12-14,18H,6-8,11H2,1-5H3,(H,24,26)/t18-/m0/s1. The van der Waals surface area contributed by atoms with E-state index in [0.29, 0.717) is 6.54 Å². The van der Waals surface area contributed by atoms with Crippen molar-refractivity contribution in [3.05, 3.63) is 52.6 Å². The highest BCUT2D eigenvalue weighted by atomic mass is 32.2. The Kier molecular flexibility index (Phi) is 6.53. The summed E-state index contributed by atoms with van der Waals surface area (Å²) in [6, 6.07) is 8.48. The fraction of sp³-hybridized carbons (Fsp3) is 0.435. The van der Waals surface area contributed by atoms with Crippen LogP contribution in [0.15, 0.2) is 35.2 Å². The van der Waals surface area contributed by atoms with Gasteiger partial charge in [0, 0.05) is 23.8 Å². The van der Waals surface area contributed by atoms with Gasteiger partial charge in [0.05, 0.1) is 7.11 Å². The molecule has 30 heavy (non-hydrogen) atoms. The molecule has 6 nitrogen and oxygen atoms in total. The highest BCUT2D eigenvalue weighted by molar-refractivity contribution is 7.89. The number of piperidine rings is 1. The molecule has 3 rings (SSSR count). The van der Waals surface area contributed by atoms with E-state index in [-0.39, 0.29) is 28.2 Å². The predicted molar refractivity (Wildman–Crippen MR) is 119 cm³/mol. The summed E-state index contributed by atoms with van der Waals surface area (Å²) in [6.45, 7) is 8.29. The maximum Gasteiger partial charge on any atom is 0.255 e. The van der Waals surface area contributed by atoms with Crippen molar-refractivity contribution >= 4 is 21.6 Å². The number of carbonyl (C=O) groups excluding carboxylic acids is 1. The first-order valence-electron chi connectivity index (χ1n) is 10.2. The Labute approximate surface area is 179 Å². The molecule has 1 saturated heterocycles. The van der Waals surface area contributed by atoms with Crippen molar-refractivity contribution in [1.82, 2.24) is 4.31 Å². The molecular formula is C23H30N2O4S. The molecule has 1 atom stereocenters. The minimum Gasteiger partial charge on any atom is -0.495 e. The second kappa shape index (κ2) is 8.78. The number of hydrogen-bond acceptors (Lipinski definition) is 4. The third kappa shape index (κ3) is 4.37. The van der Waals surface area contributed by atoms with Crippen LogP contribution in [-0.4, -0.2) is 38.3 Å². The lowest BCUT2D eigenvalue weighted by Crippen LogP contribution is -2.42. The van der Waals surface area contributed by atoms with Crippen LogP contribution in [-0.2, 0) is 10.0 Å². The molecule has 0 radical (unpaired) electrons. The van der Waals surface area contributed by atoms with Crippen LogP contribution in [0.1, 0.15) is 53.2 Å². The normalized spacial score (nSPS) is 17.6. The molecular weight excluding hydrogens is 400 g/mol. The molecule has 1 amide bonds. The molecule has 1 fully saturated rings. The fourth-order valence-electron chi connectivity index (χ4n) is 4.14. The zero-order valence-corrected chi connectivity index (χ0v) is 19.1. The van der Waals surface area contributed by atoms with E-state index in [2.05, 4.69) is 5.32 Å². The van der Waals surface area contributed by atoms with Crippen LogP contribution in [0.3, 0.4) is 0 Å². The van der Waals surface area contributed by atoms with E-state index in [1.165, 1.54) is 17.5 Å². The topological polar surface area (TPSA) is 75.7 Å². The summed E-state index contributed by atoms with van der Waals surface area (Å²) >= 11 is 0. The number of sulfonamides is 1. The van der Waals surface area contributed by atoms with Gasteiger partial charge < -0.3 is 10.1 Å². The van der Waals surface area contributed by atoms with Gasteiger partial charge in [0.25, 0.3) is 5.91 Å². The van der Waals surface area contributed by atoms with Crippen LogP contribution in [0.25, 0.3) is 0 Å². The van der Waals surface area contributed by atoms with Gasteiger partial charge in [-0.3, -0.25) is 4.79 Å². The lowest BCUT2D eigenvalue weighted by Gasteiger charge is -2.32. The van der Waals surface area contributed by atoms with Crippen molar-refractivity contribution in [2.45, 2.75) is 57.9 Å². The Hall–Kier alpha value is -2.38. The second-order valence-corrected chi connectivity index (χ2v) is 9.91. The summed E-state index contributed by atoms with van der Waals surface area (Å²) in [6.07, 6.45) is 2.67. The Balaban J connectivity index is 1.97. The van der Waals surface area contributed by atoms with Crippen LogP contribution >= 0.6 is 0 Å². The highest BCUT2D eigenvalue weighted by Crippen LogP contribution is 2.32. The predicted octanol–water partition coefficient (Wildman–Crippen LogP) is 4.44. The highest BCUT2D eigenvalue weighted by Gasteiger charge is 2.33. The molecule has 0 bridgehead atoms. The minimum absolute atomic E-state index is 0.0312. The molecule has 0 aliphatic carbocycles. The number of anilines is 1. The quantitative estimate of drug-likeness (QED) is 0.761. The van der Waals surface area contributed by atoms with E-state index in [4.69, 9.17) is 4.74 Å². The number of aryl methyl sites for hydroxylation is 3. The third-order valence-corrected chi connectivity index (χ3v) is 7.70. The molecule has 162 valence electrons. The van der Waals surface area contributed by atoms with Gasteiger partial charge in [0.1, 0.15) is 10.6 Å². The van der Waals surface area contributed by atoms with Gasteiger partial charge in [-0.25, -0.2) is 8.42 Å². The van der Waals surface area contributed by atoms with Gasteiger partial charge in [-0.05, 0) is 69.9 Å². The Morgan fingerprint density at radius 1 is 1.10 bits per heavy atom. The summed E-state index contributed by atoms with van der Waals surface area (Å²) < 4.78 is 33.6. The molecule has 2 aromatic carbocycles. The summed E-state index contributed by atoms with van der Waals surface area (Å²) in [5.74, 6) is -0.108. The van der Waals surface area contributed by atoms with Gasteiger partial charge in [0.15, 0.2) is 0 Å². The van der Waals surface area contributed by atoms with E-state index >= 15 is 0 Å². The van der Waals surface area contributed by atoms with Gasteiger partial charge in [-0.2, -0.15) is 4.31 Å². The molecule has 1 aliphatic heterocycles. The van der Waals surface area contributed by atoms with Crippen LogP contribution < -0.4 is 10.1 Å². The average molecular weight is 431 g/mol. The monoisotopic (exact) mass is 430 g/mol. The maximum absolute atomic E-state index is 13.4. The van der Waals surface area contributed by atoms with Crippen molar-refractivity contribution < 1.29 is 17.9 Å². The van der Waals surface area contributed by atoms with Gasteiger partial charge >= 0.3 is 0 Å². The van der Waals surface area contributed by atoms with E-state index in [0.717, 1.165) is 41.6 Å². The molecule has 7 heteroatoms. The number of rotatable bonds is 5. The number of ether oxygens (including phenoxy) is 1. The van der Waals surface area contributed by atoms with Crippen molar-refractivity contribution in [2.75, 3.05) is 19.0 Å². The minimum atomic E-state index is -3.78. The summed E-state index contributed by atoms with van der Waals surface area (Å²) in [5.41, 5.74) is 4.07. The van der Waals surface area contributed by atoms with Crippen LogP contribution in [0.4, 0.5) is 5.69 Å². The molecule has 1 aliphatic rings.